The zero-order chi connectivity index (χ0) is 14.4. The standard InChI is InChI=1S/C15H29N3O2.2ClH/c1-3-17(4-2)11-13-5-8-18(9-6-13)15(19)14-12-20-10-7-16-14;;/h13-14,16H,3-12H2,1-2H3;2*1H. The molecule has 2 fully saturated rings. The fraction of sp³-hybridized carbons (Fsp3) is 0.933. The first-order valence-corrected chi connectivity index (χ1v) is 8.06. The van der Waals surface area contributed by atoms with Crippen molar-refractivity contribution >= 4 is 30.7 Å². The summed E-state index contributed by atoms with van der Waals surface area (Å²) in [7, 11) is 0. The lowest BCUT2D eigenvalue weighted by molar-refractivity contribution is -0.137. The van der Waals surface area contributed by atoms with Gasteiger partial charge in [-0.2, -0.15) is 0 Å². The van der Waals surface area contributed by atoms with Gasteiger partial charge in [-0.05, 0) is 31.8 Å². The number of likely N-dealkylation sites (tertiary alicyclic amines) is 1. The maximum Gasteiger partial charge on any atom is 0.242 e. The molecule has 7 heteroatoms. The van der Waals surface area contributed by atoms with Gasteiger partial charge in [-0.15, -0.1) is 24.8 Å². The van der Waals surface area contributed by atoms with Crippen LogP contribution < -0.4 is 5.32 Å². The molecule has 1 amide bonds. The summed E-state index contributed by atoms with van der Waals surface area (Å²) in [6.07, 6.45) is 2.27. The molecule has 0 aromatic heterocycles. The van der Waals surface area contributed by atoms with Crippen molar-refractivity contribution in [1.82, 2.24) is 15.1 Å². The molecule has 0 aromatic rings. The van der Waals surface area contributed by atoms with E-state index in [0.29, 0.717) is 6.61 Å². The topological polar surface area (TPSA) is 44.8 Å². The van der Waals surface area contributed by atoms with E-state index in [2.05, 4.69) is 24.1 Å². The van der Waals surface area contributed by atoms with Crippen molar-refractivity contribution in [2.24, 2.45) is 5.92 Å². The van der Waals surface area contributed by atoms with Gasteiger partial charge in [-0.1, -0.05) is 13.8 Å². The fourth-order valence-corrected chi connectivity index (χ4v) is 3.13. The van der Waals surface area contributed by atoms with Crippen LogP contribution in [0.25, 0.3) is 0 Å². The minimum atomic E-state index is -0.122. The van der Waals surface area contributed by atoms with Gasteiger partial charge in [0.1, 0.15) is 6.04 Å². The van der Waals surface area contributed by atoms with Crippen LogP contribution in [0.15, 0.2) is 0 Å². The molecule has 0 saturated carbocycles. The molecular weight excluding hydrogens is 325 g/mol. The Morgan fingerprint density at radius 1 is 1.23 bits per heavy atom. The van der Waals surface area contributed by atoms with Gasteiger partial charge in [-0.3, -0.25) is 4.79 Å². The molecule has 132 valence electrons. The minimum absolute atomic E-state index is 0. The van der Waals surface area contributed by atoms with Crippen LogP contribution >= 0.6 is 24.8 Å². The first kappa shape index (κ1) is 21.9. The van der Waals surface area contributed by atoms with E-state index >= 15 is 0 Å². The quantitative estimate of drug-likeness (QED) is 0.809. The highest BCUT2D eigenvalue weighted by molar-refractivity contribution is 5.85. The number of ether oxygens (including phenoxy) is 1. The molecular formula is C15H31Cl2N3O2. The van der Waals surface area contributed by atoms with Crippen LogP contribution in [0, 0.1) is 5.92 Å². The molecule has 0 bridgehead atoms. The highest BCUT2D eigenvalue weighted by Crippen LogP contribution is 2.19. The lowest BCUT2D eigenvalue weighted by Gasteiger charge is -2.36. The first-order valence-electron chi connectivity index (χ1n) is 8.06. The number of nitrogens with zero attached hydrogens (tertiary/aromatic N) is 2. The second-order valence-electron chi connectivity index (χ2n) is 5.84. The Morgan fingerprint density at radius 2 is 1.86 bits per heavy atom. The van der Waals surface area contributed by atoms with Crippen LogP contribution in [0.4, 0.5) is 0 Å². The lowest BCUT2D eigenvalue weighted by atomic mass is 9.95. The monoisotopic (exact) mass is 355 g/mol. The molecule has 1 atom stereocenters. The predicted molar refractivity (Wildman–Crippen MR) is 94.2 cm³/mol. The number of amides is 1. The van der Waals surface area contributed by atoms with E-state index in [1.54, 1.807) is 0 Å². The summed E-state index contributed by atoms with van der Waals surface area (Å²) in [5.41, 5.74) is 0. The normalized spacial score (nSPS) is 22.9. The molecule has 0 spiro atoms. The maximum atomic E-state index is 12.4. The number of hydrogen-bond donors (Lipinski definition) is 1. The Bertz CT molecular complexity index is 303. The Hall–Kier alpha value is -0.0700. The average molecular weight is 356 g/mol. The van der Waals surface area contributed by atoms with E-state index in [4.69, 9.17) is 4.74 Å². The van der Waals surface area contributed by atoms with Gasteiger partial charge < -0.3 is 19.9 Å². The molecule has 0 aliphatic carbocycles. The number of halogens is 2. The van der Waals surface area contributed by atoms with Gasteiger partial charge in [0.25, 0.3) is 0 Å². The summed E-state index contributed by atoms with van der Waals surface area (Å²) in [5.74, 6) is 0.973. The Kier molecular flexibility index (Phi) is 11.4. The van der Waals surface area contributed by atoms with Crippen molar-refractivity contribution in [3.05, 3.63) is 0 Å². The van der Waals surface area contributed by atoms with E-state index < -0.39 is 0 Å². The van der Waals surface area contributed by atoms with Crippen molar-refractivity contribution in [3.63, 3.8) is 0 Å². The Morgan fingerprint density at radius 3 is 2.36 bits per heavy atom. The van der Waals surface area contributed by atoms with Gasteiger partial charge >= 0.3 is 0 Å². The third kappa shape index (κ3) is 6.20. The van der Waals surface area contributed by atoms with Crippen LogP contribution in [-0.2, 0) is 9.53 Å². The van der Waals surface area contributed by atoms with Gasteiger partial charge in [0.05, 0.1) is 13.2 Å². The number of piperidine rings is 1. The number of nitrogens with one attached hydrogen (secondary N) is 1. The van der Waals surface area contributed by atoms with Crippen molar-refractivity contribution in [2.75, 3.05) is 52.5 Å². The molecule has 1 N–H and O–H groups in total. The molecule has 0 aromatic carbocycles. The SMILES string of the molecule is CCN(CC)CC1CCN(C(=O)C2COCCN2)CC1.Cl.Cl. The maximum absolute atomic E-state index is 12.4. The minimum Gasteiger partial charge on any atom is -0.378 e. The summed E-state index contributed by atoms with van der Waals surface area (Å²) < 4.78 is 5.38. The van der Waals surface area contributed by atoms with Crippen molar-refractivity contribution in [2.45, 2.75) is 32.7 Å². The summed E-state index contributed by atoms with van der Waals surface area (Å²) >= 11 is 0. The first-order chi connectivity index (χ1) is 9.74. The summed E-state index contributed by atoms with van der Waals surface area (Å²) in [6.45, 7) is 11.7. The number of rotatable bonds is 5. The third-order valence-electron chi connectivity index (χ3n) is 4.56. The zero-order valence-corrected chi connectivity index (χ0v) is 15.4. The van der Waals surface area contributed by atoms with Crippen LogP contribution in [0.1, 0.15) is 26.7 Å². The fourth-order valence-electron chi connectivity index (χ4n) is 3.13. The number of carbonyl (C=O) groups excluding carboxylic acids is 1. The number of hydrogen-bond acceptors (Lipinski definition) is 4. The Balaban J connectivity index is 0.00000220. The number of morpholine rings is 1. The second-order valence-corrected chi connectivity index (χ2v) is 5.84. The highest BCUT2D eigenvalue weighted by atomic mass is 35.5. The van der Waals surface area contributed by atoms with E-state index in [9.17, 15) is 4.79 Å². The largest absolute Gasteiger partial charge is 0.378 e. The van der Waals surface area contributed by atoms with Crippen molar-refractivity contribution < 1.29 is 9.53 Å². The van der Waals surface area contributed by atoms with Crippen molar-refractivity contribution in [1.29, 1.82) is 0 Å². The summed E-state index contributed by atoms with van der Waals surface area (Å²) in [6, 6.07) is -0.122. The van der Waals surface area contributed by atoms with Gasteiger partial charge in [0.2, 0.25) is 5.91 Å². The molecule has 2 aliphatic heterocycles. The molecule has 5 nitrogen and oxygen atoms in total. The number of carbonyl (C=O) groups is 1. The smallest absolute Gasteiger partial charge is 0.242 e. The molecule has 0 radical (unpaired) electrons. The summed E-state index contributed by atoms with van der Waals surface area (Å²) in [4.78, 5) is 16.9. The van der Waals surface area contributed by atoms with E-state index in [1.165, 1.54) is 6.54 Å². The molecule has 2 heterocycles. The molecule has 2 aliphatic rings. The molecule has 2 rings (SSSR count). The third-order valence-corrected chi connectivity index (χ3v) is 4.56. The van der Waals surface area contributed by atoms with E-state index in [1.807, 2.05) is 4.90 Å². The van der Waals surface area contributed by atoms with Crippen LogP contribution in [0.5, 0.6) is 0 Å². The molecule has 2 saturated heterocycles. The molecule has 1 unspecified atom stereocenters. The zero-order valence-electron chi connectivity index (χ0n) is 13.8. The Labute approximate surface area is 146 Å². The molecule has 22 heavy (non-hydrogen) atoms. The second kappa shape index (κ2) is 11.5. The van der Waals surface area contributed by atoms with E-state index in [-0.39, 0.29) is 36.8 Å². The average Bonchev–Trinajstić information content (AvgIpc) is 2.53. The van der Waals surface area contributed by atoms with Crippen LogP contribution in [-0.4, -0.2) is 74.2 Å². The van der Waals surface area contributed by atoms with Gasteiger partial charge in [0.15, 0.2) is 0 Å². The van der Waals surface area contributed by atoms with Crippen LogP contribution in [0.2, 0.25) is 0 Å². The van der Waals surface area contributed by atoms with E-state index in [0.717, 1.165) is 58.1 Å². The highest BCUT2D eigenvalue weighted by Gasteiger charge is 2.29. The van der Waals surface area contributed by atoms with Crippen molar-refractivity contribution in [3.8, 4) is 0 Å². The van der Waals surface area contributed by atoms with Gasteiger partial charge in [-0.25, -0.2) is 0 Å². The summed E-state index contributed by atoms with van der Waals surface area (Å²) in [5, 5.41) is 3.25. The predicted octanol–water partition coefficient (Wildman–Crippen LogP) is 1.40. The lowest BCUT2D eigenvalue weighted by Crippen LogP contribution is -2.54. The van der Waals surface area contributed by atoms with Gasteiger partial charge in [0, 0.05) is 26.2 Å². The van der Waals surface area contributed by atoms with Crippen LogP contribution in [0.3, 0.4) is 0 Å².